The molecule has 1 aromatic carbocycles. The molecule has 0 saturated carbocycles. The van der Waals surface area contributed by atoms with Crippen LogP contribution in [0.1, 0.15) is 31.2 Å². The molecule has 0 radical (unpaired) electrons. The molecule has 0 spiro atoms. The minimum Gasteiger partial charge on any atom is -0.387 e. The highest BCUT2D eigenvalue weighted by molar-refractivity contribution is 5.54. The number of aromatic nitrogens is 2. The van der Waals surface area contributed by atoms with E-state index in [9.17, 15) is 5.11 Å². The van der Waals surface area contributed by atoms with Crippen molar-refractivity contribution in [3.05, 3.63) is 47.8 Å². The minimum atomic E-state index is -0.547. The number of aliphatic hydroxyl groups is 1. The first-order valence-electron chi connectivity index (χ1n) is 7.45. The van der Waals surface area contributed by atoms with E-state index in [0.29, 0.717) is 12.4 Å². The number of aryl methyl sites for hydroxylation is 1. The summed E-state index contributed by atoms with van der Waals surface area (Å²) in [5.41, 5.74) is 2.63. The zero-order valence-electron chi connectivity index (χ0n) is 13.0. The summed E-state index contributed by atoms with van der Waals surface area (Å²) >= 11 is 0. The molecule has 1 aromatic heterocycles. The second-order valence-electron chi connectivity index (χ2n) is 5.10. The van der Waals surface area contributed by atoms with Gasteiger partial charge in [-0.05, 0) is 20.0 Å². The second-order valence-corrected chi connectivity index (χ2v) is 5.10. The van der Waals surface area contributed by atoms with E-state index >= 15 is 0 Å². The van der Waals surface area contributed by atoms with E-state index in [1.807, 2.05) is 37.3 Å². The van der Waals surface area contributed by atoms with Crippen molar-refractivity contribution >= 4 is 0 Å². The largest absolute Gasteiger partial charge is 0.387 e. The summed E-state index contributed by atoms with van der Waals surface area (Å²) in [5, 5.41) is 10.4. The van der Waals surface area contributed by atoms with Crippen LogP contribution in [-0.2, 0) is 0 Å². The van der Waals surface area contributed by atoms with Gasteiger partial charge in [-0.15, -0.1) is 0 Å². The van der Waals surface area contributed by atoms with E-state index in [1.54, 1.807) is 6.20 Å². The molecule has 2 rings (SSSR count). The maximum atomic E-state index is 10.4. The molecule has 4 nitrogen and oxygen atoms in total. The average Bonchev–Trinajstić information content (AvgIpc) is 2.53. The molecule has 0 fully saturated rings. The Morgan fingerprint density at radius 1 is 1.14 bits per heavy atom. The van der Waals surface area contributed by atoms with Gasteiger partial charge in [-0.3, -0.25) is 0 Å². The molecule has 1 heterocycles. The summed E-state index contributed by atoms with van der Waals surface area (Å²) in [6.45, 7) is 8.58. The molecule has 0 bridgehead atoms. The topological polar surface area (TPSA) is 49.2 Å². The second kappa shape index (κ2) is 7.29. The molecule has 1 atom stereocenters. The fourth-order valence-corrected chi connectivity index (χ4v) is 2.35. The molecular formula is C17H23N3O. The average molecular weight is 285 g/mol. The third-order valence-electron chi connectivity index (χ3n) is 3.73. The van der Waals surface area contributed by atoms with Gasteiger partial charge in [-0.25, -0.2) is 9.97 Å². The maximum Gasteiger partial charge on any atom is 0.159 e. The van der Waals surface area contributed by atoms with Crippen molar-refractivity contribution in [2.24, 2.45) is 0 Å². The van der Waals surface area contributed by atoms with E-state index in [0.717, 1.165) is 29.9 Å². The fourth-order valence-electron chi connectivity index (χ4n) is 2.35. The highest BCUT2D eigenvalue weighted by Crippen LogP contribution is 2.20. The summed E-state index contributed by atoms with van der Waals surface area (Å²) in [6, 6.07) is 9.88. The van der Waals surface area contributed by atoms with E-state index in [4.69, 9.17) is 0 Å². The summed E-state index contributed by atoms with van der Waals surface area (Å²) in [7, 11) is 0. The molecule has 0 aliphatic carbocycles. The third kappa shape index (κ3) is 3.86. The number of rotatable bonds is 6. The normalized spacial score (nSPS) is 12.6. The van der Waals surface area contributed by atoms with Crippen molar-refractivity contribution in [2.45, 2.75) is 26.9 Å². The minimum absolute atomic E-state index is 0.547. The Bertz CT molecular complexity index is 568. The van der Waals surface area contributed by atoms with Gasteiger partial charge in [-0.1, -0.05) is 44.2 Å². The van der Waals surface area contributed by atoms with Crippen molar-refractivity contribution in [3.63, 3.8) is 0 Å². The van der Waals surface area contributed by atoms with Crippen LogP contribution in [0, 0.1) is 6.92 Å². The maximum absolute atomic E-state index is 10.4. The SMILES string of the molecule is CCN(CC)C[C@H](O)c1cnc(-c2ccccc2)nc1C. The number of hydrogen-bond donors (Lipinski definition) is 1. The predicted molar refractivity (Wildman–Crippen MR) is 85.0 cm³/mol. The predicted octanol–water partition coefficient (Wildman–Crippen LogP) is 2.83. The van der Waals surface area contributed by atoms with Gasteiger partial charge in [0.05, 0.1) is 6.10 Å². The van der Waals surface area contributed by atoms with E-state index in [2.05, 4.69) is 28.7 Å². The number of hydrogen-bond acceptors (Lipinski definition) is 4. The Morgan fingerprint density at radius 3 is 2.38 bits per heavy atom. The first-order chi connectivity index (χ1) is 10.2. The number of benzene rings is 1. The van der Waals surface area contributed by atoms with Gasteiger partial charge in [0, 0.05) is 29.6 Å². The smallest absolute Gasteiger partial charge is 0.159 e. The van der Waals surface area contributed by atoms with Crippen LogP contribution in [-0.4, -0.2) is 39.6 Å². The van der Waals surface area contributed by atoms with Crippen molar-refractivity contribution in [1.82, 2.24) is 14.9 Å². The molecule has 0 unspecified atom stereocenters. The van der Waals surface area contributed by atoms with Gasteiger partial charge in [0.15, 0.2) is 5.82 Å². The van der Waals surface area contributed by atoms with Crippen LogP contribution in [0.3, 0.4) is 0 Å². The Morgan fingerprint density at radius 2 is 1.81 bits per heavy atom. The summed E-state index contributed by atoms with van der Waals surface area (Å²) < 4.78 is 0. The van der Waals surface area contributed by atoms with Crippen LogP contribution in [0.4, 0.5) is 0 Å². The Labute approximate surface area is 126 Å². The van der Waals surface area contributed by atoms with Crippen LogP contribution < -0.4 is 0 Å². The van der Waals surface area contributed by atoms with E-state index in [1.165, 1.54) is 0 Å². The van der Waals surface area contributed by atoms with Crippen LogP contribution in [0.15, 0.2) is 36.5 Å². The molecule has 4 heteroatoms. The summed E-state index contributed by atoms with van der Waals surface area (Å²) in [4.78, 5) is 11.1. The molecule has 21 heavy (non-hydrogen) atoms. The van der Waals surface area contributed by atoms with Crippen LogP contribution >= 0.6 is 0 Å². The van der Waals surface area contributed by atoms with Crippen molar-refractivity contribution in [1.29, 1.82) is 0 Å². The number of likely N-dealkylation sites (N-methyl/N-ethyl adjacent to an activating group) is 1. The zero-order valence-corrected chi connectivity index (χ0v) is 13.0. The standard InChI is InChI=1S/C17H23N3O/c1-4-20(5-2)12-16(21)15-11-18-17(19-13(15)3)14-9-7-6-8-10-14/h6-11,16,21H,4-5,12H2,1-3H3/t16-/m0/s1. The molecular weight excluding hydrogens is 262 g/mol. The molecule has 1 N–H and O–H groups in total. The fraction of sp³-hybridized carbons (Fsp3) is 0.412. The van der Waals surface area contributed by atoms with E-state index in [-0.39, 0.29) is 0 Å². The Hall–Kier alpha value is -1.78. The van der Waals surface area contributed by atoms with Gasteiger partial charge < -0.3 is 10.0 Å². The van der Waals surface area contributed by atoms with Crippen molar-refractivity contribution in [2.75, 3.05) is 19.6 Å². The molecule has 0 aliphatic rings. The van der Waals surface area contributed by atoms with Crippen LogP contribution in [0.25, 0.3) is 11.4 Å². The lowest BCUT2D eigenvalue weighted by Crippen LogP contribution is -2.28. The van der Waals surface area contributed by atoms with Gasteiger partial charge in [0.1, 0.15) is 0 Å². The highest BCUT2D eigenvalue weighted by Gasteiger charge is 2.15. The first-order valence-corrected chi connectivity index (χ1v) is 7.45. The van der Waals surface area contributed by atoms with Gasteiger partial charge in [0.2, 0.25) is 0 Å². The highest BCUT2D eigenvalue weighted by atomic mass is 16.3. The lowest BCUT2D eigenvalue weighted by atomic mass is 10.1. The number of nitrogens with zero attached hydrogens (tertiary/aromatic N) is 3. The Balaban J connectivity index is 2.19. The number of aliphatic hydroxyl groups excluding tert-OH is 1. The third-order valence-corrected chi connectivity index (χ3v) is 3.73. The monoisotopic (exact) mass is 285 g/mol. The van der Waals surface area contributed by atoms with E-state index < -0.39 is 6.10 Å². The molecule has 112 valence electrons. The van der Waals surface area contributed by atoms with Crippen LogP contribution in [0.2, 0.25) is 0 Å². The first kappa shape index (κ1) is 15.6. The van der Waals surface area contributed by atoms with Crippen LogP contribution in [0.5, 0.6) is 0 Å². The van der Waals surface area contributed by atoms with Gasteiger partial charge in [0.25, 0.3) is 0 Å². The molecule has 2 aromatic rings. The lowest BCUT2D eigenvalue weighted by Gasteiger charge is -2.22. The lowest BCUT2D eigenvalue weighted by molar-refractivity contribution is 0.118. The quantitative estimate of drug-likeness (QED) is 0.886. The van der Waals surface area contributed by atoms with Crippen molar-refractivity contribution < 1.29 is 5.11 Å². The molecule has 0 amide bonds. The zero-order chi connectivity index (χ0) is 15.2. The molecule has 0 aliphatic heterocycles. The van der Waals surface area contributed by atoms with Gasteiger partial charge >= 0.3 is 0 Å². The van der Waals surface area contributed by atoms with Crippen molar-refractivity contribution in [3.8, 4) is 11.4 Å². The Kier molecular flexibility index (Phi) is 5.42. The van der Waals surface area contributed by atoms with Gasteiger partial charge in [-0.2, -0.15) is 0 Å². The molecule has 0 saturated heterocycles. The summed E-state index contributed by atoms with van der Waals surface area (Å²) in [6.07, 6.45) is 1.20. The summed E-state index contributed by atoms with van der Waals surface area (Å²) in [5.74, 6) is 0.701.